The van der Waals surface area contributed by atoms with Crippen molar-refractivity contribution in [3.8, 4) is 0 Å². The minimum absolute atomic E-state index is 0.0304. The third-order valence-electron chi connectivity index (χ3n) is 4.65. The van der Waals surface area contributed by atoms with Gasteiger partial charge in [0.05, 0.1) is 24.1 Å². The second-order valence-electron chi connectivity index (χ2n) is 6.71. The van der Waals surface area contributed by atoms with Crippen molar-refractivity contribution in [1.82, 2.24) is 19.7 Å². The van der Waals surface area contributed by atoms with Gasteiger partial charge >= 0.3 is 0 Å². The summed E-state index contributed by atoms with van der Waals surface area (Å²) in [5.74, 6) is 0.848. The number of aryl methyl sites for hydroxylation is 4. The van der Waals surface area contributed by atoms with Crippen molar-refractivity contribution in [1.29, 1.82) is 0 Å². The number of nitrogens with zero attached hydrogens (tertiary/aromatic N) is 3. The third-order valence-corrected chi connectivity index (χ3v) is 4.65. The predicted octanol–water partition coefficient (Wildman–Crippen LogP) is 3.38. The largest absolute Gasteiger partial charge is 0.467 e. The van der Waals surface area contributed by atoms with E-state index in [1.165, 1.54) is 0 Å². The normalized spacial score (nSPS) is 11.1. The van der Waals surface area contributed by atoms with Crippen LogP contribution in [0.1, 0.15) is 45.3 Å². The first kappa shape index (κ1) is 18.0. The fourth-order valence-electron chi connectivity index (χ4n) is 3.26. The second-order valence-corrected chi connectivity index (χ2v) is 6.71. The molecule has 0 aliphatic carbocycles. The van der Waals surface area contributed by atoms with Crippen molar-refractivity contribution < 1.29 is 9.21 Å². The first-order chi connectivity index (χ1) is 12.5. The molecule has 0 atom stereocenters. The number of aromatic nitrogens is 3. The third kappa shape index (κ3) is 3.90. The van der Waals surface area contributed by atoms with Crippen LogP contribution in [0.15, 0.2) is 34.9 Å². The van der Waals surface area contributed by atoms with Gasteiger partial charge in [0.25, 0.3) is 5.91 Å². The highest BCUT2D eigenvalue weighted by molar-refractivity contribution is 5.95. The van der Waals surface area contributed by atoms with Crippen LogP contribution < -0.4 is 5.32 Å². The van der Waals surface area contributed by atoms with Gasteiger partial charge in [0.1, 0.15) is 5.76 Å². The maximum Gasteiger partial charge on any atom is 0.253 e. The molecule has 0 fully saturated rings. The summed E-state index contributed by atoms with van der Waals surface area (Å²) in [7, 11) is 0. The molecule has 0 unspecified atom stereocenters. The van der Waals surface area contributed by atoms with Crippen molar-refractivity contribution in [2.45, 2.75) is 47.2 Å². The minimum atomic E-state index is -0.0304. The maximum absolute atomic E-state index is 12.5. The Bertz CT molecular complexity index is 887. The minimum Gasteiger partial charge on any atom is -0.467 e. The summed E-state index contributed by atoms with van der Waals surface area (Å²) >= 11 is 0. The van der Waals surface area contributed by atoms with E-state index in [4.69, 9.17) is 4.42 Å². The fraction of sp³-hybridized carbons (Fsp3) is 0.400. The molecule has 0 spiro atoms. The summed E-state index contributed by atoms with van der Waals surface area (Å²) in [5.41, 5.74) is 4.90. The van der Waals surface area contributed by atoms with Gasteiger partial charge in [-0.15, -0.1) is 0 Å². The number of amides is 1. The monoisotopic (exact) mass is 354 g/mol. The lowest BCUT2D eigenvalue weighted by Crippen LogP contribution is -2.26. The summed E-state index contributed by atoms with van der Waals surface area (Å²) in [5, 5.41) is 7.46. The van der Waals surface area contributed by atoms with Crippen molar-refractivity contribution in [3.63, 3.8) is 0 Å². The molecule has 6 nitrogen and oxygen atoms in total. The lowest BCUT2D eigenvalue weighted by molar-refractivity contribution is 0.0952. The molecule has 3 aromatic rings. The van der Waals surface area contributed by atoms with E-state index in [9.17, 15) is 4.79 Å². The number of carbonyl (C=O) groups is 1. The van der Waals surface area contributed by atoms with E-state index in [1.807, 2.05) is 50.6 Å². The van der Waals surface area contributed by atoms with Gasteiger partial charge in [-0.25, -0.2) is 0 Å². The zero-order valence-electron chi connectivity index (χ0n) is 15.9. The first-order valence-corrected chi connectivity index (χ1v) is 8.94. The van der Waals surface area contributed by atoms with Crippen LogP contribution in [0.3, 0.4) is 0 Å². The predicted molar refractivity (Wildman–Crippen MR) is 100 cm³/mol. The number of hydrogen-bond donors (Lipinski definition) is 1. The average Bonchev–Trinajstić information content (AvgIpc) is 3.28. The van der Waals surface area contributed by atoms with Gasteiger partial charge in [-0.3, -0.25) is 9.48 Å². The van der Waals surface area contributed by atoms with Crippen molar-refractivity contribution >= 4 is 5.91 Å². The highest BCUT2D eigenvalue weighted by Gasteiger charge is 2.16. The Morgan fingerprint density at radius 2 is 2.00 bits per heavy atom. The second kappa shape index (κ2) is 7.64. The molecule has 1 amide bonds. The summed E-state index contributed by atoms with van der Waals surface area (Å²) in [6.45, 7) is 10.1. The van der Waals surface area contributed by atoms with Crippen LogP contribution >= 0.6 is 0 Å². The summed E-state index contributed by atoms with van der Waals surface area (Å²) < 4.78 is 9.50. The molecule has 6 heteroatoms. The molecule has 0 bridgehead atoms. The van der Waals surface area contributed by atoms with Crippen LogP contribution in [-0.4, -0.2) is 26.8 Å². The van der Waals surface area contributed by atoms with Crippen LogP contribution in [-0.2, 0) is 13.1 Å². The van der Waals surface area contributed by atoms with Gasteiger partial charge in [-0.1, -0.05) is 0 Å². The molecule has 0 saturated heterocycles. The molecule has 1 N–H and O–H groups in total. The molecule has 0 aliphatic rings. The Balaban J connectivity index is 1.57. The molecule has 3 rings (SSSR count). The highest BCUT2D eigenvalue weighted by atomic mass is 16.3. The van der Waals surface area contributed by atoms with E-state index in [1.54, 1.807) is 6.26 Å². The van der Waals surface area contributed by atoms with E-state index in [-0.39, 0.29) is 5.91 Å². The number of nitrogens with one attached hydrogen (secondary N) is 1. The number of furan rings is 1. The first-order valence-electron chi connectivity index (χ1n) is 8.94. The fourth-order valence-corrected chi connectivity index (χ4v) is 3.26. The summed E-state index contributed by atoms with van der Waals surface area (Å²) in [6, 6.07) is 7.82. The van der Waals surface area contributed by atoms with Crippen molar-refractivity contribution in [2.24, 2.45) is 0 Å². The summed E-state index contributed by atoms with van der Waals surface area (Å²) in [6.07, 6.45) is 2.51. The average molecular weight is 354 g/mol. The van der Waals surface area contributed by atoms with E-state index in [0.717, 1.165) is 47.1 Å². The standard InChI is InChI=1S/C20H26N4O2/c1-14-11-16(3)24(22-14)9-6-8-21-20(25)19-12-15(2)23(17(19)4)13-18-7-5-10-26-18/h5,7,10-12H,6,8-9,13H2,1-4H3,(H,21,25). The van der Waals surface area contributed by atoms with Gasteiger partial charge in [-0.2, -0.15) is 5.10 Å². The smallest absolute Gasteiger partial charge is 0.253 e. The van der Waals surface area contributed by atoms with Gasteiger partial charge in [0.2, 0.25) is 0 Å². The van der Waals surface area contributed by atoms with Gasteiger partial charge < -0.3 is 14.3 Å². The molecule has 26 heavy (non-hydrogen) atoms. The number of rotatable bonds is 7. The van der Waals surface area contributed by atoms with Gasteiger partial charge in [0.15, 0.2) is 0 Å². The van der Waals surface area contributed by atoms with Crippen LogP contribution in [0.25, 0.3) is 0 Å². The lowest BCUT2D eigenvalue weighted by atomic mass is 10.2. The zero-order valence-corrected chi connectivity index (χ0v) is 15.9. The maximum atomic E-state index is 12.5. The van der Waals surface area contributed by atoms with Gasteiger partial charge in [0, 0.05) is 30.2 Å². The highest BCUT2D eigenvalue weighted by Crippen LogP contribution is 2.17. The van der Waals surface area contributed by atoms with Crippen molar-refractivity contribution in [2.75, 3.05) is 6.54 Å². The van der Waals surface area contributed by atoms with Crippen molar-refractivity contribution in [3.05, 3.63) is 64.6 Å². The molecule has 0 aliphatic heterocycles. The quantitative estimate of drug-likeness (QED) is 0.662. The molecular formula is C20H26N4O2. The Labute approximate surface area is 153 Å². The van der Waals surface area contributed by atoms with Gasteiger partial charge in [-0.05, 0) is 58.4 Å². The van der Waals surface area contributed by atoms with Crippen LogP contribution in [0, 0.1) is 27.7 Å². The van der Waals surface area contributed by atoms with Crippen LogP contribution in [0.2, 0.25) is 0 Å². The molecule has 138 valence electrons. The Kier molecular flexibility index (Phi) is 5.30. The Hall–Kier alpha value is -2.76. The van der Waals surface area contributed by atoms with E-state index < -0.39 is 0 Å². The molecule has 0 saturated carbocycles. The molecule has 3 heterocycles. The zero-order chi connectivity index (χ0) is 18.7. The molecular weight excluding hydrogens is 328 g/mol. The Morgan fingerprint density at radius 1 is 1.19 bits per heavy atom. The van der Waals surface area contributed by atoms with E-state index in [2.05, 4.69) is 21.0 Å². The van der Waals surface area contributed by atoms with Crippen LogP contribution in [0.4, 0.5) is 0 Å². The summed E-state index contributed by atoms with van der Waals surface area (Å²) in [4.78, 5) is 12.5. The van der Waals surface area contributed by atoms with E-state index >= 15 is 0 Å². The molecule has 0 aromatic carbocycles. The topological polar surface area (TPSA) is 65.0 Å². The van der Waals surface area contributed by atoms with Crippen LogP contribution in [0.5, 0.6) is 0 Å². The number of hydrogen-bond acceptors (Lipinski definition) is 3. The SMILES string of the molecule is Cc1cc(C)n(CCCNC(=O)c2cc(C)n(Cc3ccco3)c2C)n1. The molecule has 0 radical (unpaired) electrons. The number of carbonyl (C=O) groups excluding carboxylic acids is 1. The Morgan fingerprint density at radius 3 is 2.65 bits per heavy atom. The van der Waals surface area contributed by atoms with E-state index in [0.29, 0.717) is 13.1 Å². The molecule has 3 aromatic heterocycles. The lowest BCUT2D eigenvalue weighted by Gasteiger charge is -2.09.